The zero-order valence-electron chi connectivity index (χ0n) is 18.1. The first-order valence-corrected chi connectivity index (χ1v) is 11.4. The summed E-state index contributed by atoms with van der Waals surface area (Å²) in [6.07, 6.45) is 9.48. The number of hydrogen-bond donors (Lipinski definition) is 1. The Hall–Kier alpha value is -3.26. The molecule has 1 aromatic carbocycles. The quantitative estimate of drug-likeness (QED) is 0.469. The van der Waals surface area contributed by atoms with Crippen molar-refractivity contribution in [2.45, 2.75) is 25.3 Å². The van der Waals surface area contributed by atoms with Gasteiger partial charge in [-0.1, -0.05) is 29.8 Å². The summed E-state index contributed by atoms with van der Waals surface area (Å²) in [5.41, 5.74) is 2.64. The molecule has 1 amide bonds. The van der Waals surface area contributed by atoms with Gasteiger partial charge < -0.3 is 15.0 Å². The third-order valence-electron chi connectivity index (χ3n) is 5.93. The summed E-state index contributed by atoms with van der Waals surface area (Å²) in [6.45, 7) is 2.04. The number of aromatic nitrogens is 3. The number of hydrogen-bond acceptors (Lipinski definition) is 5. The van der Waals surface area contributed by atoms with Crippen LogP contribution in [0.15, 0.2) is 60.5 Å². The van der Waals surface area contributed by atoms with Gasteiger partial charge in [-0.25, -0.2) is 4.98 Å². The molecule has 2 radical (unpaired) electrons. The third kappa shape index (κ3) is 4.62. The molecule has 0 saturated carbocycles. The van der Waals surface area contributed by atoms with E-state index < -0.39 is 0 Å². The van der Waals surface area contributed by atoms with E-state index in [1.807, 2.05) is 41.3 Å². The van der Waals surface area contributed by atoms with Crippen LogP contribution in [-0.2, 0) is 9.53 Å². The van der Waals surface area contributed by atoms with Crippen LogP contribution in [0.5, 0.6) is 0 Å². The first-order chi connectivity index (χ1) is 16.1. The topological polar surface area (TPSA) is 71.8 Å². The highest BCUT2D eigenvalue weighted by molar-refractivity contribution is 6.36. The Balaban J connectivity index is 1.31. The average Bonchev–Trinajstić information content (AvgIpc) is 3.48. The molecular weight excluding hydrogens is 437 g/mol. The second kappa shape index (κ2) is 9.31. The Kier molecular flexibility index (Phi) is 6.09. The van der Waals surface area contributed by atoms with Crippen LogP contribution in [0.1, 0.15) is 19.3 Å². The van der Waals surface area contributed by atoms with E-state index in [4.69, 9.17) is 24.2 Å². The van der Waals surface area contributed by atoms with E-state index >= 15 is 0 Å². The fourth-order valence-electron chi connectivity index (χ4n) is 4.15. The summed E-state index contributed by atoms with van der Waals surface area (Å²) in [7, 11) is 6.12. The van der Waals surface area contributed by atoms with Crippen molar-refractivity contribution < 1.29 is 9.53 Å². The first kappa shape index (κ1) is 21.6. The van der Waals surface area contributed by atoms with Crippen LogP contribution in [0.25, 0.3) is 16.9 Å². The number of carbonyl (C=O) groups is 1. The van der Waals surface area contributed by atoms with Crippen molar-refractivity contribution in [3.63, 3.8) is 0 Å². The number of carbonyl (C=O) groups excluding carboxylic acids is 1. The minimum atomic E-state index is 0.0111. The number of nitrogens with one attached hydrogen (secondary N) is 1. The molecule has 7 nitrogen and oxygen atoms in total. The molecule has 1 fully saturated rings. The van der Waals surface area contributed by atoms with E-state index in [9.17, 15) is 4.79 Å². The van der Waals surface area contributed by atoms with Crippen molar-refractivity contribution in [2.75, 3.05) is 25.0 Å². The summed E-state index contributed by atoms with van der Waals surface area (Å²) in [5.74, 6) is 1.58. The lowest BCUT2D eigenvalue weighted by atomic mass is 10.0. The molecule has 0 bridgehead atoms. The summed E-state index contributed by atoms with van der Waals surface area (Å²) in [6, 6.07) is 9.72. The average molecular weight is 460 g/mol. The third-order valence-corrected chi connectivity index (χ3v) is 6.26. The van der Waals surface area contributed by atoms with Crippen molar-refractivity contribution in [1.29, 1.82) is 0 Å². The predicted molar refractivity (Wildman–Crippen MR) is 130 cm³/mol. The number of piperidine rings is 1. The summed E-state index contributed by atoms with van der Waals surface area (Å²) in [4.78, 5) is 19.1. The van der Waals surface area contributed by atoms with Gasteiger partial charge in [-0.3, -0.25) is 4.79 Å². The number of ether oxygens (including phenoxy) is 1. The van der Waals surface area contributed by atoms with E-state index in [1.165, 1.54) is 0 Å². The standard InChI is InChI=1S/C24H23BClN5O2/c25-19-15-27-31-22(14-21(29-24(19)31)18-5-1-2-6-20(18)26)28-16-9-11-30(12-10-16)23(32)8-7-17-4-3-13-33-17/h1-2,4-8,14-16,28H,3,9-13H2/b8-7+. The Morgan fingerprint density at radius 3 is 2.85 bits per heavy atom. The molecule has 0 aliphatic carbocycles. The van der Waals surface area contributed by atoms with Crippen molar-refractivity contribution in [2.24, 2.45) is 0 Å². The highest BCUT2D eigenvalue weighted by atomic mass is 35.5. The van der Waals surface area contributed by atoms with E-state index in [1.54, 1.807) is 22.9 Å². The minimum Gasteiger partial charge on any atom is -0.494 e. The zero-order chi connectivity index (χ0) is 22.8. The fourth-order valence-corrected chi connectivity index (χ4v) is 4.39. The molecule has 0 unspecified atom stereocenters. The van der Waals surface area contributed by atoms with E-state index in [-0.39, 0.29) is 11.9 Å². The number of likely N-dealkylation sites (tertiary alicyclic amines) is 1. The second-order valence-corrected chi connectivity index (χ2v) is 8.57. The van der Waals surface area contributed by atoms with Crippen LogP contribution < -0.4 is 10.8 Å². The molecule has 0 atom stereocenters. The number of rotatable bonds is 5. The second-order valence-electron chi connectivity index (χ2n) is 8.16. The van der Waals surface area contributed by atoms with Crippen LogP contribution >= 0.6 is 11.6 Å². The predicted octanol–water partition coefficient (Wildman–Crippen LogP) is 3.11. The molecule has 2 aliphatic heterocycles. The Bertz CT molecular complexity index is 1250. The zero-order valence-corrected chi connectivity index (χ0v) is 18.8. The van der Waals surface area contributed by atoms with Gasteiger partial charge in [0.05, 0.1) is 12.3 Å². The van der Waals surface area contributed by atoms with Crippen LogP contribution in [0.2, 0.25) is 5.02 Å². The smallest absolute Gasteiger partial charge is 0.246 e. The van der Waals surface area contributed by atoms with Gasteiger partial charge in [-0.2, -0.15) is 9.61 Å². The fraction of sp³-hybridized carbons (Fsp3) is 0.292. The number of amides is 1. The number of fused-ring (bicyclic) bond motifs is 1. The first-order valence-electron chi connectivity index (χ1n) is 11.0. The Morgan fingerprint density at radius 1 is 1.27 bits per heavy atom. The largest absolute Gasteiger partial charge is 0.494 e. The molecule has 2 aromatic heterocycles. The van der Waals surface area contributed by atoms with Gasteiger partial charge in [-0.05, 0) is 36.5 Å². The van der Waals surface area contributed by atoms with Crippen molar-refractivity contribution in [3.05, 3.63) is 65.5 Å². The number of nitrogens with zero attached hydrogens (tertiary/aromatic N) is 4. The SMILES string of the molecule is [B]c1cnn2c(NC3CCN(C(=O)/C=C/C4=CCCO4)CC3)cc(-c3ccccc3Cl)nc12. The maximum atomic E-state index is 12.5. The van der Waals surface area contributed by atoms with Gasteiger partial charge in [0.15, 0.2) is 5.65 Å². The number of anilines is 1. The highest BCUT2D eigenvalue weighted by Crippen LogP contribution is 2.29. The van der Waals surface area contributed by atoms with Gasteiger partial charge >= 0.3 is 0 Å². The molecule has 2 aliphatic rings. The normalized spacial score (nSPS) is 16.9. The van der Waals surface area contributed by atoms with Crippen LogP contribution in [-0.4, -0.2) is 59.0 Å². The van der Waals surface area contributed by atoms with Crippen LogP contribution in [0.4, 0.5) is 5.82 Å². The molecule has 5 rings (SSSR count). The van der Waals surface area contributed by atoms with Gasteiger partial charge in [-0.15, -0.1) is 0 Å². The number of benzene rings is 1. The maximum Gasteiger partial charge on any atom is 0.246 e. The van der Waals surface area contributed by atoms with Crippen LogP contribution in [0, 0.1) is 0 Å². The molecule has 33 heavy (non-hydrogen) atoms. The van der Waals surface area contributed by atoms with Gasteiger partial charge in [0.25, 0.3) is 0 Å². The minimum absolute atomic E-state index is 0.0111. The van der Waals surface area contributed by atoms with Crippen molar-refractivity contribution in [3.8, 4) is 11.3 Å². The summed E-state index contributed by atoms with van der Waals surface area (Å²) in [5, 5.41) is 8.59. The molecule has 4 heterocycles. The lowest BCUT2D eigenvalue weighted by Crippen LogP contribution is -2.42. The van der Waals surface area contributed by atoms with Gasteiger partial charge in [0, 0.05) is 54.5 Å². The molecule has 1 saturated heterocycles. The summed E-state index contributed by atoms with van der Waals surface area (Å²) < 4.78 is 7.14. The molecule has 9 heteroatoms. The van der Waals surface area contributed by atoms with E-state index in [0.717, 1.165) is 42.1 Å². The summed E-state index contributed by atoms with van der Waals surface area (Å²) >= 11 is 6.41. The van der Waals surface area contributed by atoms with E-state index in [0.29, 0.717) is 35.8 Å². The Morgan fingerprint density at radius 2 is 2.09 bits per heavy atom. The monoisotopic (exact) mass is 459 g/mol. The van der Waals surface area contributed by atoms with Gasteiger partial charge in [0.2, 0.25) is 5.91 Å². The lowest BCUT2D eigenvalue weighted by molar-refractivity contribution is -0.126. The number of halogens is 1. The van der Waals surface area contributed by atoms with Crippen LogP contribution in [0.3, 0.4) is 0 Å². The van der Waals surface area contributed by atoms with Gasteiger partial charge in [0.1, 0.15) is 19.4 Å². The molecule has 0 spiro atoms. The molecular formula is C24H23BClN5O2. The molecule has 1 N–H and O–H groups in total. The maximum absolute atomic E-state index is 12.5. The molecule has 3 aromatic rings. The molecule has 166 valence electrons. The Labute approximate surface area is 198 Å². The lowest BCUT2D eigenvalue weighted by Gasteiger charge is -2.32. The van der Waals surface area contributed by atoms with Crippen molar-refractivity contribution >= 4 is 42.3 Å². The highest BCUT2D eigenvalue weighted by Gasteiger charge is 2.23. The number of allylic oxidation sites excluding steroid dienone is 1. The van der Waals surface area contributed by atoms with E-state index in [2.05, 4.69) is 15.4 Å². The van der Waals surface area contributed by atoms with Crippen molar-refractivity contribution in [1.82, 2.24) is 19.5 Å².